The molecule has 0 radical (unpaired) electrons. The fraction of sp³-hybridized carbons (Fsp3) is 0.0938. The lowest BCUT2D eigenvalue weighted by atomic mass is 10.1. The number of imide groups is 2. The minimum atomic E-state index is -0.880. The Bertz CT molecular complexity index is 1770. The van der Waals surface area contributed by atoms with Crippen LogP contribution >= 0.6 is 11.6 Å². The second-order valence-electron chi connectivity index (χ2n) is 9.45. The topological polar surface area (TPSA) is 137 Å². The molecule has 5 rings (SSSR count). The molecule has 1 heterocycles. The molecule has 0 spiro atoms. The average Bonchev–Trinajstić information content (AvgIpc) is 3.02. The number of hydrogen-bond acceptors (Lipinski definition) is 8. The number of rotatable bonds is 10. The first-order chi connectivity index (χ1) is 21.2. The summed E-state index contributed by atoms with van der Waals surface area (Å²) in [6, 6.07) is 23.4. The van der Waals surface area contributed by atoms with Crippen LogP contribution in [-0.4, -0.2) is 29.9 Å². The smallest absolute Gasteiger partial charge is 0.335 e. The predicted octanol–water partition coefficient (Wildman–Crippen LogP) is 6.08. The number of amides is 4. The number of nitro benzene ring substituents is 1. The molecule has 4 aromatic rings. The molecule has 1 aliphatic heterocycles. The van der Waals surface area contributed by atoms with E-state index in [1.807, 2.05) is 18.2 Å². The highest BCUT2D eigenvalue weighted by Crippen LogP contribution is 2.31. The Morgan fingerprint density at radius 2 is 1.61 bits per heavy atom. The Hall–Kier alpha value is -5.68. The number of nitrogens with zero attached hydrogens (tertiary/aromatic N) is 2. The first kappa shape index (κ1) is 29.8. The normalized spacial score (nSPS) is 13.9. The molecule has 4 aromatic carbocycles. The Kier molecular flexibility index (Phi) is 8.87. The molecule has 0 unspecified atom stereocenters. The molecule has 0 saturated carbocycles. The van der Waals surface area contributed by atoms with E-state index in [9.17, 15) is 24.5 Å². The SMILES string of the molecule is COc1cc(/C=C2\C(=O)NC(=O)N(c3ccc(OCc4ccccc4Cl)cc3)C2=O)ccc1OCc1ccc([N+](=O)[O-])cc1. The summed E-state index contributed by atoms with van der Waals surface area (Å²) in [6.45, 7) is 0.352. The van der Waals surface area contributed by atoms with Gasteiger partial charge in [0.25, 0.3) is 17.5 Å². The molecule has 222 valence electrons. The second kappa shape index (κ2) is 13.1. The molecule has 0 atom stereocenters. The number of non-ortho nitro benzene ring substituents is 1. The Balaban J connectivity index is 1.30. The number of carbonyl (C=O) groups is 3. The van der Waals surface area contributed by atoms with E-state index in [-0.39, 0.29) is 30.2 Å². The van der Waals surface area contributed by atoms with Crippen LogP contribution in [0.1, 0.15) is 16.7 Å². The van der Waals surface area contributed by atoms with Gasteiger partial charge in [-0.05, 0) is 71.8 Å². The van der Waals surface area contributed by atoms with Crippen molar-refractivity contribution < 1.29 is 33.5 Å². The van der Waals surface area contributed by atoms with E-state index in [4.69, 9.17) is 25.8 Å². The number of halogens is 1. The van der Waals surface area contributed by atoms with Gasteiger partial charge in [-0.2, -0.15) is 0 Å². The van der Waals surface area contributed by atoms with Crippen LogP contribution in [0.5, 0.6) is 17.2 Å². The second-order valence-corrected chi connectivity index (χ2v) is 9.86. The molecule has 11 nitrogen and oxygen atoms in total. The summed E-state index contributed by atoms with van der Waals surface area (Å²) in [4.78, 5) is 49.9. The molecule has 1 N–H and O–H groups in total. The number of anilines is 1. The van der Waals surface area contributed by atoms with Crippen LogP contribution in [0.15, 0.2) is 96.6 Å². The van der Waals surface area contributed by atoms with E-state index in [1.54, 1.807) is 48.5 Å². The average molecular weight is 614 g/mol. The van der Waals surface area contributed by atoms with Crippen LogP contribution in [0.3, 0.4) is 0 Å². The number of methoxy groups -OCH3 is 1. The summed E-state index contributed by atoms with van der Waals surface area (Å²) >= 11 is 6.18. The van der Waals surface area contributed by atoms with E-state index in [1.165, 1.54) is 37.5 Å². The Morgan fingerprint density at radius 3 is 2.30 bits per heavy atom. The van der Waals surface area contributed by atoms with Crippen molar-refractivity contribution in [2.45, 2.75) is 13.2 Å². The maximum atomic E-state index is 13.4. The minimum absolute atomic E-state index is 0.0269. The number of carbonyl (C=O) groups excluding carboxylic acids is 3. The van der Waals surface area contributed by atoms with Gasteiger partial charge in [0.1, 0.15) is 24.5 Å². The van der Waals surface area contributed by atoms with Crippen LogP contribution in [0.25, 0.3) is 6.08 Å². The summed E-state index contributed by atoms with van der Waals surface area (Å²) in [5.41, 5.74) is 1.91. The molecule has 1 fully saturated rings. The van der Waals surface area contributed by atoms with Crippen molar-refractivity contribution in [1.82, 2.24) is 5.32 Å². The van der Waals surface area contributed by atoms with Crippen molar-refractivity contribution in [3.05, 3.63) is 128 Å². The zero-order chi connectivity index (χ0) is 31.2. The van der Waals surface area contributed by atoms with Crippen molar-refractivity contribution in [3.63, 3.8) is 0 Å². The lowest BCUT2D eigenvalue weighted by Gasteiger charge is -2.26. The van der Waals surface area contributed by atoms with Crippen molar-refractivity contribution in [2.24, 2.45) is 0 Å². The van der Waals surface area contributed by atoms with Crippen LogP contribution < -0.4 is 24.4 Å². The fourth-order valence-corrected chi connectivity index (χ4v) is 4.49. The van der Waals surface area contributed by atoms with Gasteiger partial charge >= 0.3 is 6.03 Å². The van der Waals surface area contributed by atoms with Crippen molar-refractivity contribution in [2.75, 3.05) is 12.0 Å². The van der Waals surface area contributed by atoms with E-state index < -0.39 is 22.8 Å². The molecule has 0 aromatic heterocycles. The minimum Gasteiger partial charge on any atom is -0.493 e. The van der Waals surface area contributed by atoms with Gasteiger partial charge < -0.3 is 14.2 Å². The number of urea groups is 1. The first-order valence-electron chi connectivity index (χ1n) is 13.2. The van der Waals surface area contributed by atoms with Gasteiger partial charge in [-0.1, -0.05) is 35.9 Å². The highest BCUT2D eigenvalue weighted by Gasteiger charge is 2.36. The summed E-state index contributed by atoms with van der Waals surface area (Å²) in [6.07, 6.45) is 1.35. The summed E-state index contributed by atoms with van der Waals surface area (Å²) < 4.78 is 17.0. The highest BCUT2D eigenvalue weighted by molar-refractivity contribution is 6.39. The number of hydrogen-bond donors (Lipinski definition) is 1. The zero-order valence-electron chi connectivity index (χ0n) is 23.2. The number of nitro groups is 1. The molecule has 0 bridgehead atoms. The van der Waals surface area contributed by atoms with Gasteiger partial charge in [-0.3, -0.25) is 25.0 Å². The standard InChI is InChI=1S/C32H24ClN3O8/c1-42-29-17-21(8-15-28(29)44-18-20-6-9-24(10-7-20)36(40)41)16-26-30(37)34-32(39)35(31(26)38)23-11-13-25(14-12-23)43-19-22-4-2-3-5-27(22)33/h2-17H,18-19H2,1H3,(H,34,37,39)/b26-16+. The summed E-state index contributed by atoms with van der Waals surface area (Å²) in [5, 5.41) is 13.6. The lowest BCUT2D eigenvalue weighted by molar-refractivity contribution is -0.384. The molecular formula is C32H24ClN3O8. The first-order valence-corrected chi connectivity index (χ1v) is 13.5. The molecule has 44 heavy (non-hydrogen) atoms. The van der Waals surface area contributed by atoms with E-state index >= 15 is 0 Å². The van der Waals surface area contributed by atoms with Crippen LogP contribution in [0.2, 0.25) is 5.02 Å². The predicted molar refractivity (Wildman–Crippen MR) is 162 cm³/mol. The Morgan fingerprint density at radius 1 is 0.886 bits per heavy atom. The van der Waals surface area contributed by atoms with Gasteiger partial charge in [0, 0.05) is 22.7 Å². The van der Waals surface area contributed by atoms with Gasteiger partial charge in [0.05, 0.1) is 17.7 Å². The van der Waals surface area contributed by atoms with Crippen molar-refractivity contribution >= 4 is 46.9 Å². The summed E-state index contributed by atoms with van der Waals surface area (Å²) in [7, 11) is 1.44. The monoisotopic (exact) mass is 613 g/mol. The maximum absolute atomic E-state index is 13.4. The summed E-state index contributed by atoms with van der Waals surface area (Å²) in [5.74, 6) is -0.450. The number of nitrogens with one attached hydrogen (secondary N) is 1. The van der Waals surface area contributed by atoms with Crippen LogP contribution in [-0.2, 0) is 22.8 Å². The molecule has 12 heteroatoms. The third-order valence-corrected chi connectivity index (χ3v) is 6.96. The van der Waals surface area contributed by atoms with Crippen LogP contribution in [0.4, 0.5) is 16.2 Å². The lowest BCUT2D eigenvalue weighted by Crippen LogP contribution is -2.54. The van der Waals surface area contributed by atoms with E-state index in [0.717, 1.165) is 10.5 Å². The Labute approximate surface area is 256 Å². The molecule has 0 aliphatic carbocycles. The highest BCUT2D eigenvalue weighted by atomic mass is 35.5. The third-order valence-electron chi connectivity index (χ3n) is 6.59. The van der Waals surface area contributed by atoms with Crippen molar-refractivity contribution in [1.29, 1.82) is 0 Å². The molecule has 1 saturated heterocycles. The molecule has 1 aliphatic rings. The molecular weight excluding hydrogens is 590 g/mol. The quantitative estimate of drug-likeness (QED) is 0.0983. The van der Waals surface area contributed by atoms with Gasteiger partial charge in [-0.15, -0.1) is 0 Å². The van der Waals surface area contributed by atoms with Gasteiger partial charge in [-0.25, -0.2) is 9.69 Å². The van der Waals surface area contributed by atoms with E-state index in [2.05, 4.69) is 5.32 Å². The maximum Gasteiger partial charge on any atom is 0.335 e. The fourth-order valence-electron chi connectivity index (χ4n) is 4.29. The number of benzene rings is 4. The number of barbiturate groups is 1. The number of ether oxygens (including phenoxy) is 3. The molecule has 4 amide bonds. The van der Waals surface area contributed by atoms with Gasteiger partial charge in [0.15, 0.2) is 11.5 Å². The van der Waals surface area contributed by atoms with Crippen molar-refractivity contribution in [3.8, 4) is 17.2 Å². The van der Waals surface area contributed by atoms with Crippen LogP contribution in [0, 0.1) is 10.1 Å². The van der Waals surface area contributed by atoms with E-state index in [0.29, 0.717) is 33.4 Å². The van der Waals surface area contributed by atoms with Gasteiger partial charge in [0.2, 0.25) is 0 Å². The third kappa shape index (κ3) is 6.69. The zero-order valence-corrected chi connectivity index (χ0v) is 23.9. The largest absolute Gasteiger partial charge is 0.493 e.